The van der Waals surface area contributed by atoms with Crippen LogP contribution in [-0.2, 0) is 9.53 Å². The molecule has 4 nitrogen and oxygen atoms in total. The first kappa shape index (κ1) is 18.7. The average molecular weight is 324 g/mol. The molecule has 5 heteroatoms. The largest absolute Gasteiger partial charge is 0.543 e. The first-order valence-corrected chi connectivity index (χ1v) is 10.8. The summed E-state index contributed by atoms with van der Waals surface area (Å²) in [4.78, 5) is 16.4. The van der Waals surface area contributed by atoms with Gasteiger partial charge >= 0.3 is 5.97 Å². The maximum absolute atomic E-state index is 12.0. The van der Waals surface area contributed by atoms with Gasteiger partial charge in [-0.2, -0.15) is 0 Å². The van der Waals surface area contributed by atoms with E-state index in [4.69, 9.17) is 9.16 Å². The molecule has 1 aromatic heterocycles. The fraction of sp³-hybridized carbons (Fsp3) is 0.647. The molecule has 0 aromatic carbocycles. The monoisotopic (exact) mass is 323 g/mol. The second-order valence-corrected chi connectivity index (χ2v) is 11.7. The molecular weight excluding hydrogens is 294 g/mol. The third kappa shape index (κ3) is 4.56. The summed E-state index contributed by atoms with van der Waals surface area (Å²) >= 11 is 0. The molecule has 1 heterocycles. The number of nitrogens with zero attached hydrogens (tertiary/aromatic N) is 1. The molecule has 0 bridgehead atoms. The van der Waals surface area contributed by atoms with Gasteiger partial charge in [0.25, 0.3) is 0 Å². The highest BCUT2D eigenvalue weighted by Crippen LogP contribution is 2.37. The van der Waals surface area contributed by atoms with Gasteiger partial charge in [0.2, 0.25) is 8.32 Å². The molecule has 1 atom stereocenters. The van der Waals surface area contributed by atoms with Gasteiger partial charge in [-0.3, -0.25) is 9.78 Å². The molecule has 0 aliphatic heterocycles. The lowest BCUT2D eigenvalue weighted by Gasteiger charge is -2.36. The standard InChI is InChI=1S/C17H29NO3Si/c1-8-14(16(19)20-9-2)15-12-13(10-11-18-15)21-22(6,7)17(3,4)5/h10-12,14H,8-9H2,1-7H3. The highest BCUT2D eigenvalue weighted by Gasteiger charge is 2.39. The van der Waals surface area contributed by atoms with Crippen molar-refractivity contribution < 1.29 is 14.0 Å². The van der Waals surface area contributed by atoms with Crippen LogP contribution < -0.4 is 4.43 Å². The minimum atomic E-state index is -1.90. The quantitative estimate of drug-likeness (QED) is 0.570. The normalized spacial score (nSPS) is 13.6. The first-order valence-electron chi connectivity index (χ1n) is 7.94. The lowest BCUT2D eigenvalue weighted by molar-refractivity contribution is -0.145. The lowest BCUT2D eigenvalue weighted by atomic mass is 10.0. The fourth-order valence-corrected chi connectivity index (χ4v) is 2.89. The maximum atomic E-state index is 12.0. The number of ether oxygens (including phenoxy) is 1. The Morgan fingerprint density at radius 2 is 1.95 bits per heavy atom. The second-order valence-electron chi connectivity index (χ2n) is 6.99. The summed E-state index contributed by atoms with van der Waals surface area (Å²) in [5, 5.41) is 0.127. The van der Waals surface area contributed by atoms with Crippen LogP contribution in [0.25, 0.3) is 0 Å². The summed E-state index contributed by atoms with van der Waals surface area (Å²) in [5.41, 5.74) is 0.720. The summed E-state index contributed by atoms with van der Waals surface area (Å²) in [6, 6.07) is 3.74. The SMILES string of the molecule is CCOC(=O)C(CC)c1cc(O[Si](C)(C)C(C)(C)C)ccn1. The van der Waals surface area contributed by atoms with Crippen LogP contribution in [-0.4, -0.2) is 25.9 Å². The Bertz CT molecular complexity index is 509. The van der Waals surface area contributed by atoms with Crippen molar-refractivity contribution in [2.45, 2.75) is 65.1 Å². The number of carbonyl (C=O) groups is 1. The predicted molar refractivity (Wildman–Crippen MR) is 91.7 cm³/mol. The topological polar surface area (TPSA) is 48.4 Å². The lowest BCUT2D eigenvalue weighted by Crippen LogP contribution is -2.43. The average Bonchev–Trinajstić information content (AvgIpc) is 2.38. The van der Waals surface area contributed by atoms with Crippen molar-refractivity contribution in [3.05, 3.63) is 24.0 Å². The molecule has 0 spiro atoms. The van der Waals surface area contributed by atoms with Crippen LogP contribution in [0.1, 0.15) is 52.7 Å². The summed E-state index contributed by atoms with van der Waals surface area (Å²) in [6.07, 6.45) is 2.37. The van der Waals surface area contributed by atoms with Gasteiger partial charge < -0.3 is 9.16 Å². The molecule has 0 aliphatic rings. The first-order chi connectivity index (χ1) is 10.1. The molecular formula is C17H29NO3Si. The number of carbonyl (C=O) groups excluding carboxylic acids is 1. The number of hydrogen-bond donors (Lipinski definition) is 0. The van der Waals surface area contributed by atoms with Gasteiger partial charge in [0.15, 0.2) is 0 Å². The summed E-state index contributed by atoms with van der Waals surface area (Å²) in [7, 11) is -1.90. The molecule has 0 radical (unpaired) electrons. The molecule has 1 aromatic rings. The van der Waals surface area contributed by atoms with Crippen LogP contribution >= 0.6 is 0 Å². The zero-order valence-electron chi connectivity index (χ0n) is 14.9. The Morgan fingerprint density at radius 1 is 1.32 bits per heavy atom. The van der Waals surface area contributed by atoms with E-state index in [0.717, 1.165) is 11.4 Å². The number of hydrogen-bond acceptors (Lipinski definition) is 4. The molecule has 1 unspecified atom stereocenters. The summed E-state index contributed by atoms with van der Waals surface area (Å²) < 4.78 is 11.4. The second kappa shape index (κ2) is 7.27. The molecule has 0 saturated heterocycles. The van der Waals surface area contributed by atoms with Crippen LogP contribution in [0.2, 0.25) is 18.1 Å². The number of pyridine rings is 1. The van der Waals surface area contributed by atoms with E-state index < -0.39 is 8.32 Å². The zero-order chi connectivity index (χ0) is 17.0. The van der Waals surface area contributed by atoms with Gasteiger partial charge in [-0.25, -0.2) is 0 Å². The molecule has 0 amide bonds. The molecule has 0 saturated carbocycles. The van der Waals surface area contributed by atoms with Crippen molar-refractivity contribution in [3.63, 3.8) is 0 Å². The third-order valence-electron chi connectivity index (χ3n) is 4.27. The van der Waals surface area contributed by atoms with E-state index >= 15 is 0 Å². The number of aromatic nitrogens is 1. The smallest absolute Gasteiger partial charge is 0.315 e. The predicted octanol–water partition coefficient (Wildman–Crippen LogP) is 4.52. The van der Waals surface area contributed by atoms with E-state index in [9.17, 15) is 4.79 Å². The Kier molecular flexibility index (Phi) is 6.17. The van der Waals surface area contributed by atoms with Gasteiger partial charge in [0, 0.05) is 12.3 Å². The van der Waals surface area contributed by atoms with Crippen molar-refractivity contribution in [1.29, 1.82) is 0 Å². The third-order valence-corrected chi connectivity index (χ3v) is 8.63. The van der Waals surface area contributed by atoms with Gasteiger partial charge in [-0.15, -0.1) is 0 Å². The van der Waals surface area contributed by atoms with Crippen molar-refractivity contribution in [3.8, 4) is 5.75 Å². The van der Waals surface area contributed by atoms with E-state index in [1.165, 1.54) is 0 Å². The Labute approximate surface area is 135 Å². The Balaban J connectivity index is 3.01. The Morgan fingerprint density at radius 3 is 2.45 bits per heavy atom. The van der Waals surface area contributed by atoms with Gasteiger partial charge in [0.05, 0.1) is 18.2 Å². The van der Waals surface area contributed by atoms with Crippen LogP contribution in [0.15, 0.2) is 18.3 Å². The minimum Gasteiger partial charge on any atom is -0.543 e. The minimum absolute atomic E-state index is 0.127. The van der Waals surface area contributed by atoms with Gasteiger partial charge in [-0.05, 0) is 37.5 Å². The van der Waals surface area contributed by atoms with E-state index in [2.05, 4.69) is 38.8 Å². The molecule has 124 valence electrons. The zero-order valence-corrected chi connectivity index (χ0v) is 15.9. The maximum Gasteiger partial charge on any atom is 0.315 e. The molecule has 22 heavy (non-hydrogen) atoms. The van der Waals surface area contributed by atoms with E-state index in [1.807, 2.05) is 26.0 Å². The van der Waals surface area contributed by atoms with Crippen molar-refractivity contribution in [1.82, 2.24) is 4.98 Å². The van der Waals surface area contributed by atoms with Crippen molar-refractivity contribution in [2.75, 3.05) is 6.61 Å². The van der Waals surface area contributed by atoms with E-state index in [1.54, 1.807) is 6.20 Å². The van der Waals surface area contributed by atoms with Gasteiger partial charge in [0.1, 0.15) is 5.75 Å². The molecule has 0 aliphatic carbocycles. The molecule has 0 fully saturated rings. The summed E-state index contributed by atoms with van der Waals surface area (Å²) in [5.74, 6) is 0.240. The Hall–Kier alpha value is -1.36. The van der Waals surface area contributed by atoms with Crippen LogP contribution in [0.3, 0.4) is 0 Å². The van der Waals surface area contributed by atoms with E-state index in [0.29, 0.717) is 13.0 Å². The fourth-order valence-electron chi connectivity index (χ4n) is 1.87. The number of esters is 1. The number of rotatable bonds is 6. The van der Waals surface area contributed by atoms with Crippen LogP contribution in [0, 0.1) is 0 Å². The molecule has 1 rings (SSSR count). The highest BCUT2D eigenvalue weighted by atomic mass is 28.4. The molecule has 0 N–H and O–H groups in total. The van der Waals surface area contributed by atoms with E-state index in [-0.39, 0.29) is 16.9 Å². The van der Waals surface area contributed by atoms with Crippen molar-refractivity contribution >= 4 is 14.3 Å². The van der Waals surface area contributed by atoms with Crippen molar-refractivity contribution in [2.24, 2.45) is 0 Å². The van der Waals surface area contributed by atoms with Crippen LogP contribution in [0.4, 0.5) is 0 Å². The summed E-state index contributed by atoms with van der Waals surface area (Å²) in [6.45, 7) is 15.2. The van der Waals surface area contributed by atoms with Crippen LogP contribution in [0.5, 0.6) is 5.75 Å². The van der Waals surface area contributed by atoms with Gasteiger partial charge in [-0.1, -0.05) is 27.7 Å². The highest BCUT2D eigenvalue weighted by molar-refractivity contribution is 6.74.